The van der Waals surface area contributed by atoms with Crippen molar-refractivity contribution in [3.8, 4) is 5.75 Å². The Kier molecular flexibility index (Phi) is 3.85. The Morgan fingerprint density at radius 3 is 2.95 bits per heavy atom. The highest BCUT2D eigenvalue weighted by Crippen LogP contribution is 2.41. The summed E-state index contributed by atoms with van der Waals surface area (Å²) in [6.07, 6.45) is 5.57. The molecule has 0 bridgehead atoms. The van der Waals surface area contributed by atoms with Gasteiger partial charge in [-0.1, -0.05) is 29.8 Å². The van der Waals surface area contributed by atoms with E-state index in [-0.39, 0.29) is 5.54 Å². The molecule has 0 aromatic heterocycles. The molecule has 1 fully saturated rings. The second kappa shape index (κ2) is 5.34. The zero-order valence-electron chi connectivity index (χ0n) is 12.4. The van der Waals surface area contributed by atoms with Crippen LogP contribution < -0.4 is 10.5 Å². The van der Waals surface area contributed by atoms with Gasteiger partial charge < -0.3 is 10.5 Å². The van der Waals surface area contributed by atoms with Crippen molar-refractivity contribution >= 4 is 15.9 Å². The zero-order valence-corrected chi connectivity index (χ0v) is 14.0. The molecule has 20 heavy (non-hydrogen) atoms. The number of rotatable bonds is 2. The van der Waals surface area contributed by atoms with Gasteiger partial charge in [0.1, 0.15) is 5.75 Å². The van der Waals surface area contributed by atoms with E-state index in [1.165, 1.54) is 24.0 Å². The first-order valence-electron chi connectivity index (χ1n) is 7.71. The second-order valence-corrected chi connectivity index (χ2v) is 7.76. The largest absolute Gasteiger partial charge is 0.493 e. The van der Waals surface area contributed by atoms with Crippen LogP contribution in [-0.4, -0.2) is 12.1 Å². The fourth-order valence-electron chi connectivity index (χ4n) is 3.81. The molecule has 110 valence electrons. The van der Waals surface area contributed by atoms with Crippen LogP contribution >= 0.6 is 15.9 Å². The monoisotopic (exact) mass is 337 g/mol. The predicted molar refractivity (Wildman–Crippen MR) is 86.1 cm³/mol. The van der Waals surface area contributed by atoms with Crippen LogP contribution in [0.2, 0.25) is 0 Å². The average Bonchev–Trinajstić information content (AvgIpc) is 2.83. The van der Waals surface area contributed by atoms with E-state index in [1.807, 2.05) is 0 Å². The topological polar surface area (TPSA) is 35.2 Å². The van der Waals surface area contributed by atoms with Crippen LogP contribution in [0.5, 0.6) is 5.75 Å². The molecule has 3 heteroatoms. The van der Waals surface area contributed by atoms with Crippen LogP contribution in [0.25, 0.3) is 0 Å². The highest BCUT2D eigenvalue weighted by Gasteiger charge is 2.37. The number of benzene rings is 1. The van der Waals surface area contributed by atoms with Crippen molar-refractivity contribution < 1.29 is 4.74 Å². The van der Waals surface area contributed by atoms with Gasteiger partial charge in [-0.05, 0) is 60.8 Å². The first-order valence-corrected chi connectivity index (χ1v) is 8.50. The number of hydrogen-bond acceptors (Lipinski definition) is 2. The smallest absolute Gasteiger partial charge is 0.125 e. The lowest BCUT2D eigenvalue weighted by Gasteiger charge is -2.42. The quantitative estimate of drug-likeness (QED) is 0.882. The van der Waals surface area contributed by atoms with E-state index in [4.69, 9.17) is 10.5 Å². The molecule has 2 nitrogen and oxygen atoms in total. The lowest BCUT2D eigenvalue weighted by atomic mass is 9.68. The van der Waals surface area contributed by atoms with Gasteiger partial charge in [-0.25, -0.2) is 0 Å². The van der Waals surface area contributed by atoms with Crippen LogP contribution in [0.1, 0.15) is 44.2 Å². The van der Waals surface area contributed by atoms with Gasteiger partial charge in [-0.15, -0.1) is 0 Å². The molecule has 1 heterocycles. The molecule has 1 aliphatic heterocycles. The standard InChI is InChI=1S/C17H24BrNO/c1-11-3-5-17(19,12(2)7-11)10-14-9-15(18)8-13-4-6-20-16(13)14/h8-9,11-12H,3-7,10,19H2,1-2H3. The lowest BCUT2D eigenvalue weighted by Crippen LogP contribution is -2.51. The summed E-state index contributed by atoms with van der Waals surface area (Å²) in [6.45, 7) is 5.47. The van der Waals surface area contributed by atoms with Crippen LogP contribution in [0.3, 0.4) is 0 Å². The summed E-state index contributed by atoms with van der Waals surface area (Å²) < 4.78 is 7.00. The van der Waals surface area contributed by atoms with Gasteiger partial charge in [-0.3, -0.25) is 0 Å². The summed E-state index contributed by atoms with van der Waals surface area (Å²) in [6, 6.07) is 4.38. The van der Waals surface area contributed by atoms with Crippen molar-refractivity contribution in [3.63, 3.8) is 0 Å². The molecular weight excluding hydrogens is 314 g/mol. The van der Waals surface area contributed by atoms with Crippen LogP contribution in [0.15, 0.2) is 16.6 Å². The molecular formula is C17H24BrNO. The van der Waals surface area contributed by atoms with Gasteiger partial charge in [0.05, 0.1) is 6.61 Å². The van der Waals surface area contributed by atoms with Gasteiger partial charge in [0.25, 0.3) is 0 Å². The van der Waals surface area contributed by atoms with E-state index in [9.17, 15) is 0 Å². The molecule has 3 atom stereocenters. The van der Waals surface area contributed by atoms with E-state index in [0.717, 1.165) is 42.0 Å². The maximum atomic E-state index is 6.77. The SMILES string of the molecule is CC1CCC(N)(Cc2cc(Br)cc3c2OCC3)C(C)C1. The molecule has 3 unspecified atom stereocenters. The number of halogens is 1. The van der Waals surface area contributed by atoms with Crippen LogP contribution in [0.4, 0.5) is 0 Å². The molecule has 1 aromatic carbocycles. The first-order chi connectivity index (χ1) is 9.48. The van der Waals surface area contributed by atoms with Crippen LogP contribution in [-0.2, 0) is 12.8 Å². The molecule has 0 radical (unpaired) electrons. The Hall–Kier alpha value is -0.540. The molecule has 2 aliphatic rings. The van der Waals surface area contributed by atoms with Crippen molar-refractivity contribution in [3.05, 3.63) is 27.7 Å². The summed E-state index contributed by atoms with van der Waals surface area (Å²) >= 11 is 3.63. The van der Waals surface area contributed by atoms with Crippen molar-refractivity contribution in [1.29, 1.82) is 0 Å². The van der Waals surface area contributed by atoms with E-state index < -0.39 is 0 Å². The Bertz CT molecular complexity index is 516. The van der Waals surface area contributed by atoms with Crippen molar-refractivity contribution in [2.75, 3.05) is 6.61 Å². The minimum absolute atomic E-state index is 0.0764. The third kappa shape index (κ3) is 2.62. The summed E-state index contributed by atoms with van der Waals surface area (Å²) in [5, 5.41) is 0. The summed E-state index contributed by atoms with van der Waals surface area (Å²) in [5.74, 6) is 2.48. The second-order valence-electron chi connectivity index (χ2n) is 6.84. The van der Waals surface area contributed by atoms with Gasteiger partial charge in [0.2, 0.25) is 0 Å². The fraction of sp³-hybridized carbons (Fsp3) is 0.647. The Morgan fingerprint density at radius 1 is 1.40 bits per heavy atom. The first kappa shape index (κ1) is 14.4. The average molecular weight is 338 g/mol. The number of nitrogens with two attached hydrogens (primary N) is 1. The van der Waals surface area contributed by atoms with Gasteiger partial charge in [0.15, 0.2) is 0 Å². The Labute approximate surface area is 130 Å². The Balaban J connectivity index is 1.88. The molecule has 0 spiro atoms. The van der Waals surface area contributed by atoms with E-state index in [2.05, 4.69) is 41.9 Å². The van der Waals surface area contributed by atoms with Crippen molar-refractivity contribution in [2.24, 2.45) is 17.6 Å². The van der Waals surface area contributed by atoms with Gasteiger partial charge in [0, 0.05) is 16.4 Å². The molecule has 1 aromatic rings. The van der Waals surface area contributed by atoms with Gasteiger partial charge >= 0.3 is 0 Å². The normalized spacial score (nSPS) is 32.8. The van der Waals surface area contributed by atoms with E-state index in [1.54, 1.807) is 0 Å². The molecule has 0 amide bonds. The van der Waals surface area contributed by atoms with Crippen molar-refractivity contribution in [2.45, 2.75) is 51.5 Å². The summed E-state index contributed by atoms with van der Waals surface area (Å²) in [4.78, 5) is 0. The maximum absolute atomic E-state index is 6.77. The maximum Gasteiger partial charge on any atom is 0.125 e. The highest BCUT2D eigenvalue weighted by atomic mass is 79.9. The number of fused-ring (bicyclic) bond motifs is 1. The lowest BCUT2D eigenvalue weighted by molar-refractivity contribution is 0.162. The van der Waals surface area contributed by atoms with Crippen LogP contribution in [0, 0.1) is 11.8 Å². The highest BCUT2D eigenvalue weighted by molar-refractivity contribution is 9.10. The minimum atomic E-state index is -0.0764. The zero-order chi connectivity index (χ0) is 14.3. The predicted octanol–water partition coefficient (Wildman–Crippen LogP) is 4.08. The summed E-state index contributed by atoms with van der Waals surface area (Å²) in [7, 11) is 0. The van der Waals surface area contributed by atoms with E-state index in [0.29, 0.717) is 5.92 Å². The molecule has 2 N–H and O–H groups in total. The minimum Gasteiger partial charge on any atom is -0.493 e. The third-order valence-electron chi connectivity index (χ3n) is 5.18. The fourth-order valence-corrected chi connectivity index (χ4v) is 4.36. The molecule has 1 saturated carbocycles. The molecule has 1 aliphatic carbocycles. The summed E-state index contributed by atoms with van der Waals surface area (Å²) in [5.41, 5.74) is 9.31. The molecule has 0 saturated heterocycles. The third-order valence-corrected chi connectivity index (χ3v) is 5.64. The Morgan fingerprint density at radius 2 is 2.20 bits per heavy atom. The number of ether oxygens (including phenoxy) is 1. The van der Waals surface area contributed by atoms with E-state index >= 15 is 0 Å². The molecule has 3 rings (SSSR count). The van der Waals surface area contributed by atoms with Gasteiger partial charge in [-0.2, -0.15) is 0 Å². The number of hydrogen-bond donors (Lipinski definition) is 1. The van der Waals surface area contributed by atoms with Crippen molar-refractivity contribution in [1.82, 2.24) is 0 Å².